The predicted molar refractivity (Wildman–Crippen MR) is 63.1 cm³/mol. The molecule has 0 saturated carbocycles. The van der Waals surface area contributed by atoms with Crippen molar-refractivity contribution < 1.29 is 14.3 Å². The van der Waals surface area contributed by atoms with Crippen LogP contribution in [-0.2, 0) is 14.3 Å². The number of rotatable bonds is 6. The number of hydrogen-bond acceptors (Lipinski definition) is 5. The predicted octanol–water partition coefficient (Wildman–Crippen LogP) is -0.158. The van der Waals surface area contributed by atoms with Gasteiger partial charge in [-0.3, -0.25) is 9.59 Å². The van der Waals surface area contributed by atoms with Gasteiger partial charge >= 0.3 is 5.97 Å². The van der Waals surface area contributed by atoms with Crippen LogP contribution < -0.4 is 5.73 Å². The average molecular weight is 246 g/mol. The number of ether oxygens (including phenoxy) is 1. The number of nitrogens with zero attached hydrogens (tertiary/aromatic N) is 1. The lowest BCUT2D eigenvalue weighted by atomic mass is 10.2. The number of thioether (sulfide) groups is 1. The highest BCUT2D eigenvalue weighted by atomic mass is 32.2. The maximum atomic E-state index is 11.5. The van der Waals surface area contributed by atoms with E-state index in [0.29, 0.717) is 18.1 Å². The zero-order valence-corrected chi connectivity index (χ0v) is 10.3. The van der Waals surface area contributed by atoms with Gasteiger partial charge in [0.25, 0.3) is 0 Å². The van der Waals surface area contributed by atoms with Gasteiger partial charge in [0.1, 0.15) is 6.04 Å². The molecule has 0 aromatic carbocycles. The molecule has 1 saturated heterocycles. The molecule has 1 amide bonds. The van der Waals surface area contributed by atoms with Crippen molar-refractivity contribution in [1.29, 1.82) is 0 Å². The summed E-state index contributed by atoms with van der Waals surface area (Å²) in [5.41, 5.74) is 5.59. The van der Waals surface area contributed by atoms with Gasteiger partial charge in [0.2, 0.25) is 5.91 Å². The Kier molecular flexibility index (Phi) is 5.62. The van der Waals surface area contributed by atoms with Crippen LogP contribution in [-0.4, -0.2) is 54.0 Å². The van der Waals surface area contributed by atoms with E-state index in [9.17, 15) is 9.59 Å². The molecule has 2 N–H and O–H groups in total. The minimum atomic E-state index is -0.630. The van der Waals surface area contributed by atoms with E-state index in [0.717, 1.165) is 19.5 Å². The molecule has 6 heteroatoms. The molecule has 1 atom stereocenters. The number of amides is 1. The summed E-state index contributed by atoms with van der Waals surface area (Å²) in [5, 5.41) is 0. The van der Waals surface area contributed by atoms with Crippen molar-refractivity contribution in [1.82, 2.24) is 4.90 Å². The highest BCUT2D eigenvalue weighted by molar-refractivity contribution is 8.00. The molecule has 0 aromatic heterocycles. The molecule has 92 valence electrons. The van der Waals surface area contributed by atoms with Crippen LogP contribution in [0.15, 0.2) is 0 Å². The Balaban J connectivity index is 2.09. The van der Waals surface area contributed by atoms with Crippen molar-refractivity contribution in [2.24, 2.45) is 5.73 Å². The molecule has 5 nitrogen and oxygen atoms in total. The zero-order chi connectivity index (χ0) is 12.0. The average Bonchev–Trinajstić information content (AvgIpc) is 2.15. The number of nitrogens with two attached hydrogens (primary N) is 1. The Bertz CT molecular complexity index is 256. The fourth-order valence-corrected chi connectivity index (χ4v) is 2.11. The molecule has 1 aliphatic rings. The van der Waals surface area contributed by atoms with Crippen LogP contribution in [0.3, 0.4) is 0 Å². The summed E-state index contributed by atoms with van der Waals surface area (Å²) >= 11 is 1.38. The van der Waals surface area contributed by atoms with E-state index < -0.39 is 12.0 Å². The Labute approximate surface area is 99.7 Å². The number of hydrogen-bond donors (Lipinski definition) is 1. The molecular weight excluding hydrogens is 228 g/mol. The van der Waals surface area contributed by atoms with Gasteiger partial charge in [-0.25, -0.2) is 0 Å². The Morgan fingerprint density at radius 3 is 2.69 bits per heavy atom. The maximum Gasteiger partial charge on any atom is 0.323 e. The molecular formula is C10H18N2O3S. The van der Waals surface area contributed by atoms with Crippen LogP contribution in [0.5, 0.6) is 0 Å². The van der Waals surface area contributed by atoms with Crippen LogP contribution >= 0.6 is 11.8 Å². The summed E-state index contributed by atoms with van der Waals surface area (Å²) in [5.74, 6) is 0.560. The van der Waals surface area contributed by atoms with Crippen molar-refractivity contribution in [3.63, 3.8) is 0 Å². The smallest absolute Gasteiger partial charge is 0.323 e. The molecule has 1 fully saturated rings. The first-order valence-corrected chi connectivity index (χ1v) is 6.58. The van der Waals surface area contributed by atoms with E-state index in [1.165, 1.54) is 11.8 Å². The van der Waals surface area contributed by atoms with Gasteiger partial charge in [-0.15, -0.1) is 11.8 Å². The quantitative estimate of drug-likeness (QED) is 0.659. The van der Waals surface area contributed by atoms with Gasteiger partial charge in [0.15, 0.2) is 0 Å². The highest BCUT2D eigenvalue weighted by Crippen LogP contribution is 2.10. The van der Waals surface area contributed by atoms with Gasteiger partial charge in [0.05, 0.1) is 12.4 Å². The van der Waals surface area contributed by atoms with Gasteiger partial charge in [0, 0.05) is 18.8 Å². The molecule has 0 aliphatic carbocycles. The summed E-state index contributed by atoms with van der Waals surface area (Å²) in [6, 6.07) is -0.630. The maximum absolute atomic E-state index is 11.5. The summed E-state index contributed by atoms with van der Waals surface area (Å²) < 4.78 is 4.77. The monoisotopic (exact) mass is 246 g/mol. The van der Waals surface area contributed by atoms with E-state index in [1.807, 2.05) is 4.90 Å². The molecule has 0 bridgehead atoms. The number of likely N-dealkylation sites (tertiary alicyclic amines) is 1. The molecule has 1 aliphatic heterocycles. The van der Waals surface area contributed by atoms with Crippen molar-refractivity contribution >= 4 is 23.6 Å². The molecule has 0 aromatic rings. The summed E-state index contributed by atoms with van der Waals surface area (Å²) in [4.78, 5) is 24.4. The van der Waals surface area contributed by atoms with Crippen LogP contribution in [0.4, 0.5) is 0 Å². The number of carbonyl (C=O) groups is 2. The standard InChI is InChI=1S/C10H18N2O3S/c1-2-15-10(14)8(11)6-16-7-9(13)12-4-3-5-12/h8H,2-7,11H2,1H3. The van der Waals surface area contributed by atoms with Crippen molar-refractivity contribution in [2.75, 3.05) is 31.2 Å². The summed E-state index contributed by atoms with van der Waals surface area (Å²) in [7, 11) is 0. The van der Waals surface area contributed by atoms with Gasteiger partial charge in [-0.2, -0.15) is 0 Å². The highest BCUT2D eigenvalue weighted by Gasteiger charge is 2.21. The Hall–Kier alpha value is -0.750. The number of carbonyl (C=O) groups excluding carboxylic acids is 2. The minimum absolute atomic E-state index is 0.132. The Morgan fingerprint density at radius 1 is 1.50 bits per heavy atom. The first-order valence-electron chi connectivity index (χ1n) is 5.43. The lowest BCUT2D eigenvalue weighted by Crippen LogP contribution is -2.43. The van der Waals surface area contributed by atoms with E-state index in [-0.39, 0.29) is 5.91 Å². The first kappa shape index (κ1) is 13.3. The van der Waals surface area contributed by atoms with Crippen molar-refractivity contribution in [3.8, 4) is 0 Å². The second-order valence-electron chi connectivity index (χ2n) is 3.61. The van der Waals surface area contributed by atoms with E-state index in [4.69, 9.17) is 10.5 Å². The second-order valence-corrected chi connectivity index (χ2v) is 4.64. The van der Waals surface area contributed by atoms with Gasteiger partial charge < -0.3 is 15.4 Å². The molecule has 0 spiro atoms. The minimum Gasteiger partial charge on any atom is -0.465 e. The third-order valence-corrected chi connectivity index (χ3v) is 3.37. The molecule has 16 heavy (non-hydrogen) atoms. The summed E-state index contributed by atoms with van der Waals surface area (Å²) in [6.45, 7) is 3.81. The molecule has 1 heterocycles. The lowest BCUT2D eigenvalue weighted by molar-refractivity contribution is -0.144. The van der Waals surface area contributed by atoms with Gasteiger partial charge in [-0.05, 0) is 13.3 Å². The third-order valence-electron chi connectivity index (χ3n) is 2.32. The lowest BCUT2D eigenvalue weighted by Gasteiger charge is -2.30. The van der Waals surface area contributed by atoms with Crippen LogP contribution in [0.2, 0.25) is 0 Å². The van der Waals surface area contributed by atoms with Crippen molar-refractivity contribution in [2.45, 2.75) is 19.4 Å². The summed E-state index contributed by atoms with van der Waals surface area (Å²) in [6.07, 6.45) is 1.10. The van der Waals surface area contributed by atoms with Crippen molar-refractivity contribution in [3.05, 3.63) is 0 Å². The SMILES string of the molecule is CCOC(=O)C(N)CSCC(=O)N1CCC1. The third kappa shape index (κ3) is 4.02. The van der Waals surface area contributed by atoms with E-state index in [1.54, 1.807) is 6.92 Å². The molecule has 1 rings (SSSR count). The second kappa shape index (κ2) is 6.75. The fourth-order valence-electron chi connectivity index (χ4n) is 1.25. The van der Waals surface area contributed by atoms with Crippen LogP contribution in [0, 0.1) is 0 Å². The first-order chi connectivity index (χ1) is 7.65. The zero-order valence-electron chi connectivity index (χ0n) is 9.48. The fraction of sp³-hybridized carbons (Fsp3) is 0.800. The van der Waals surface area contributed by atoms with E-state index in [2.05, 4.69) is 0 Å². The Morgan fingerprint density at radius 2 is 2.19 bits per heavy atom. The molecule has 1 unspecified atom stereocenters. The number of esters is 1. The molecule has 0 radical (unpaired) electrons. The van der Waals surface area contributed by atoms with Crippen LogP contribution in [0.25, 0.3) is 0 Å². The van der Waals surface area contributed by atoms with Gasteiger partial charge in [-0.1, -0.05) is 0 Å². The largest absolute Gasteiger partial charge is 0.465 e. The van der Waals surface area contributed by atoms with E-state index >= 15 is 0 Å². The topological polar surface area (TPSA) is 72.6 Å². The van der Waals surface area contributed by atoms with Crippen LogP contribution in [0.1, 0.15) is 13.3 Å². The normalized spacial score (nSPS) is 16.5.